The number of hydrogen-bond donors (Lipinski definition) is 2. The largest absolute Gasteiger partial charge is 0.480 e. The predicted octanol–water partition coefficient (Wildman–Crippen LogP) is 0.0822. The van der Waals surface area contributed by atoms with Crippen LogP contribution >= 0.6 is 11.8 Å². The minimum Gasteiger partial charge on any atom is -0.480 e. The molecule has 1 unspecified atom stereocenters. The van der Waals surface area contributed by atoms with E-state index in [-0.39, 0.29) is 30.2 Å². The molecule has 2 heterocycles. The van der Waals surface area contributed by atoms with Crippen LogP contribution in [0.1, 0.15) is 5.56 Å². The van der Waals surface area contributed by atoms with Gasteiger partial charge in [-0.05, 0) is 5.56 Å². The second-order valence-corrected chi connectivity index (χ2v) is 6.38. The molecule has 1 aromatic carbocycles. The van der Waals surface area contributed by atoms with Gasteiger partial charge in [0.2, 0.25) is 11.8 Å². The molecule has 2 N–H and O–H groups in total. The Kier molecular flexibility index (Phi) is 3.59. The molecule has 2 amide bonds. The van der Waals surface area contributed by atoms with Crippen LogP contribution in [0.3, 0.4) is 0 Å². The number of hydrogen-bond acceptors (Lipinski definition) is 4. The van der Waals surface area contributed by atoms with Crippen LogP contribution in [0.4, 0.5) is 0 Å². The van der Waals surface area contributed by atoms with Crippen LogP contribution in [0.15, 0.2) is 30.3 Å². The maximum Gasteiger partial charge on any atom is 0.318 e. The molecule has 3 rings (SSSR count). The monoisotopic (exact) mass is 306 g/mol. The Hall–Kier alpha value is -2.02. The summed E-state index contributed by atoms with van der Waals surface area (Å²) in [6, 6.07) is 8.66. The quantitative estimate of drug-likeness (QED) is 0.770. The maximum absolute atomic E-state index is 12.0. The molecule has 3 atom stereocenters. The summed E-state index contributed by atoms with van der Waals surface area (Å²) in [6.07, 6.45) is 0.213. The number of carbonyl (C=O) groups is 3. The molecule has 110 valence electrons. The number of carboxylic acids is 1. The minimum atomic E-state index is -0.920. The molecule has 0 saturated carbocycles. The van der Waals surface area contributed by atoms with Crippen molar-refractivity contribution in [1.82, 2.24) is 10.2 Å². The van der Waals surface area contributed by atoms with Crippen molar-refractivity contribution >= 4 is 29.5 Å². The van der Waals surface area contributed by atoms with Gasteiger partial charge in [-0.25, -0.2) is 0 Å². The van der Waals surface area contributed by atoms with Gasteiger partial charge in [0.15, 0.2) is 0 Å². The Labute approximate surface area is 125 Å². The first kappa shape index (κ1) is 13.9. The Morgan fingerprint density at radius 2 is 2.05 bits per heavy atom. The van der Waals surface area contributed by atoms with Crippen LogP contribution in [-0.2, 0) is 20.8 Å². The SMILES string of the molecule is O=C(Cc1ccccc1)N[C@@H]1C(=O)N2C[C@@H](C(=O)O)SC12. The van der Waals surface area contributed by atoms with Gasteiger partial charge < -0.3 is 15.3 Å². The summed E-state index contributed by atoms with van der Waals surface area (Å²) in [5.41, 5.74) is 0.876. The summed E-state index contributed by atoms with van der Waals surface area (Å²) in [7, 11) is 0. The van der Waals surface area contributed by atoms with E-state index < -0.39 is 17.3 Å². The zero-order valence-corrected chi connectivity index (χ0v) is 11.9. The molecule has 2 fully saturated rings. The van der Waals surface area contributed by atoms with Crippen molar-refractivity contribution in [2.45, 2.75) is 23.1 Å². The first-order chi connectivity index (χ1) is 10.1. The second-order valence-electron chi connectivity index (χ2n) is 5.05. The molecule has 7 heteroatoms. The number of amides is 2. The third-order valence-corrected chi connectivity index (χ3v) is 5.09. The molecule has 2 aliphatic rings. The second kappa shape index (κ2) is 5.40. The average Bonchev–Trinajstić information content (AvgIpc) is 2.87. The van der Waals surface area contributed by atoms with Gasteiger partial charge in [0, 0.05) is 6.54 Å². The van der Waals surface area contributed by atoms with E-state index in [1.165, 1.54) is 16.7 Å². The van der Waals surface area contributed by atoms with E-state index in [0.717, 1.165) is 5.56 Å². The van der Waals surface area contributed by atoms with Crippen LogP contribution in [0.25, 0.3) is 0 Å². The summed E-state index contributed by atoms with van der Waals surface area (Å²) in [6.45, 7) is 0.217. The number of nitrogens with zero attached hydrogens (tertiary/aromatic N) is 1. The smallest absolute Gasteiger partial charge is 0.318 e. The lowest BCUT2D eigenvalue weighted by molar-refractivity contribution is -0.148. The first-order valence-corrected chi connectivity index (χ1v) is 7.52. The molecule has 2 saturated heterocycles. The molecule has 21 heavy (non-hydrogen) atoms. The van der Waals surface area contributed by atoms with Crippen molar-refractivity contribution in [2.75, 3.05) is 6.54 Å². The number of carbonyl (C=O) groups excluding carboxylic acids is 2. The van der Waals surface area contributed by atoms with Gasteiger partial charge in [-0.2, -0.15) is 0 Å². The fourth-order valence-corrected chi connectivity index (χ4v) is 3.91. The maximum atomic E-state index is 12.0. The molecule has 0 radical (unpaired) electrons. The van der Waals surface area contributed by atoms with Crippen molar-refractivity contribution in [3.8, 4) is 0 Å². The van der Waals surface area contributed by atoms with E-state index in [2.05, 4.69) is 5.32 Å². The summed E-state index contributed by atoms with van der Waals surface area (Å²) >= 11 is 1.22. The Balaban J connectivity index is 1.58. The molecule has 0 spiro atoms. The van der Waals surface area contributed by atoms with E-state index in [9.17, 15) is 14.4 Å². The predicted molar refractivity (Wildman–Crippen MR) is 76.6 cm³/mol. The number of aliphatic carboxylic acids is 1. The number of fused-ring (bicyclic) bond motifs is 1. The number of benzene rings is 1. The highest BCUT2D eigenvalue weighted by Crippen LogP contribution is 2.40. The van der Waals surface area contributed by atoms with Gasteiger partial charge in [0.1, 0.15) is 16.7 Å². The van der Waals surface area contributed by atoms with Gasteiger partial charge in [-0.15, -0.1) is 11.8 Å². The lowest BCUT2D eigenvalue weighted by Crippen LogP contribution is -2.67. The van der Waals surface area contributed by atoms with E-state index in [4.69, 9.17) is 5.11 Å². The average molecular weight is 306 g/mol. The topological polar surface area (TPSA) is 86.7 Å². The van der Waals surface area contributed by atoms with Gasteiger partial charge in [0.25, 0.3) is 0 Å². The van der Waals surface area contributed by atoms with E-state index in [0.29, 0.717) is 0 Å². The fourth-order valence-electron chi connectivity index (χ4n) is 2.53. The van der Waals surface area contributed by atoms with E-state index >= 15 is 0 Å². The van der Waals surface area contributed by atoms with Gasteiger partial charge >= 0.3 is 5.97 Å². The third-order valence-electron chi connectivity index (χ3n) is 3.61. The Bertz CT molecular complexity index is 592. The zero-order chi connectivity index (χ0) is 15.0. The fraction of sp³-hybridized carbons (Fsp3) is 0.357. The van der Waals surface area contributed by atoms with Crippen molar-refractivity contribution in [1.29, 1.82) is 0 Å². The zero-order valence-electron chi connectivity index (χ0n) is 11.1. The highest BCUT2D eigenvalue weighted by molar-refractivity contribution is 8.01. The van der Waals surface area contributed by atoms with Crippen molar-refractivity contribution in [2.24, 2.45) is 0 Å². The van der Waals surface area contributed by atoms with Crippen LogP contribution < -0.4 is 5.32 Å². The Morgan fingerprint density at radius 1 is 1.33 bits per heavy atom. The molecule has 0 bridgehead atoms. The van der Waals surface area contributed by atoms with Crippen molar-refractivity contribution < 1.29 is 19.5 Å². The van der Waals surface area contributed by atoms with Crippen LogP contribution in [0.5, 0.6) is 0 Å². The number of thioether (sulfide) groups is 1. The summed E-state index contributed by atoms with van der Waals surface area (Å²) in [5, 5.41) is 10.8. The Morgan fingerprint density at radius 3 is 2.71 bits per heavy atom. The van der Waals surface area contributed by atoms with Crippen LogP contribution in [-0.4, -0.2) is 51.0 Å². The lowest BCUT2D eigenvalue weighted by Gasteiger charge is -2.41. The molecule has 2 aliphatic heterocycles. The number of rotatable bonds is 4. The third kappa shape index (κ3) is 2.61. The van der Waals surface area contributed by atoms with Crippen molar-refractivity contribution in [3.05, 3.63) is 35.9 Å². The van der Waals surface area contributed by atoms with Crippen LogP contribution in [0.2, 0.25) is 0 Å². The van der Waals surface area contributed by atoms with E-state index in [1.54, 1.807) is 0 Å². The molecular formula is C14H14N2O4S. The highest BCUT2D eigenvalue weighted by Gasteiger charge is 2.55. The molecule has 1 aromatic rings. The molecule has 6 nitrogen and oxygen atoms in total. The summed E-state index contributed by atoms with van der Waals surface area (Å²) < 4.78 is 0. The summed E-state index contributed by atoms with van der Waals surface area (Å²) in [4.78, 5) is 36.3. The molecule has 0 aromatic heterocycles. The normalized spacial score (nSPS) is 27.0. The standard InChI is InChI=1S/C14H14N2O4S/c17-10(6-8-4-2-1-3-5-8)15-11-12(18)16-7-9(14(19)20)21-13(11)16/h1-5,9,11,13H,6-7H2,(H,15,17)(H,19,20)/t9-,11+,13?/m0/s1. The summed E-state index contributed by atoms with van der Waals surface area (Å²) in [5.74, 6) is -1.34. The number of carboxylic acid groups (broad SMARTS) is 1. The molecule has 0 aliphatic carbocycles. The minimum absolute atomic E-state index is 0.197. The van der Waals surface area contributed by atoms with Crippen molar-refractivity contribution in [3.63, 3.8) is 0 Å². The van der Waals surface area contributed by atoms with Gasteiger partial charge in [0.05, 0.1) is 6.42 Å². The van der Waals surface area contributed by atoms with Gasteiger partial charge in [-0.1, -0.05) is 30.3 Å². The van der Waals surface area contributed by atoms with E-state index in [1.807, 2.05) is 30.3 Å². The number of β-lactam (4-membered cyclic amide) rings is 1. The number of nitrogens with one attached hydrogen (secondary N) is 1. The molecular weight excluding hydrogens is 292 g/mol. The lowest BCUT2D eigenvalue weighted by atomic mass is 10.1. The van der Waals surface area contributed by atoms with Crippen LogP contribution in [0, 0.1) is 0 Å². The first-order valence-electron chi connectivity index (χ1n) is 6.58. The van der Waals surface area contributed by atoms with Gasteiger partial charge in [-0.3, -0.25) is 14.4 Å². The highest BCUT2D eigenvalue weighted by atomic mass is 32.2.